The molecule has 1 atom stereocenters. The topological polar surface area (TPSA) is 37.8 Å². The van der Waals surface area contributed by atoms with E-state index in [1.54, 1.807) is 0 Å². The number of aromatic nitrogens is 2. The fraction of sp³-hybridized carbons (Fsp3) is 0.167. The molecule has 0 saturated heterocycles. The summed E-state index contributed by atoms with van der Waals surface area (Å²) < 4.78 is 0. The first-order chi connectivity index (χ1) is 7.84. The Bertz CT molecular complexity index is 513. The van der Waals surface area contributed by atoms with Gasteiger partial charge in [0.1, 0.15) is 6.33 Å². The summed E-state index contributed by atoms with van der Waals surface area (Å²) in [6.07, 6.45) is 2.37. The molecule has 0 aliphatic carbocycles. The molecule has 0 spiro atoms. The van der Waals surface area contributed by atoms with Crippen molar-refractivity contribution in [1.82, 2.24) is 9.97 Å². The van der Waals surface area contributed by atoms with Gasteiger partial charge in [-0.25, -0.2) is 9.97 Å². The minimum Gasteiger partial charge on any atom is -0.374 e. The first-order valence-electron chi connectivity index (χ1n) is 5.15. The Hall–Kier alpha value is -1.61. The Morgan fingerprint density at radius 2 is 2.00 bits per heavy atom. The first-order valence-corrected chi connectivity index (χ1v) is 5.53. The summed E-state index contributed by atoms with van der Waals surface area (Å²) in [5.41, 5.74) is 3.11. The van der Waals surface area contributed by atoms with Gasteiger partial charge in [0, 0.05) is 6.42 Å². The second kappa shape index (κ2) is 3.76. The third-order valence-electron chi connectivity index (χ3n) is 2.80. The predicted molar refractivity (Wildman–Crippen MR) is 63.6 cm³/mol. The van der Waals surface area contributed by atoms with Crippen molar-refractivity contribution in [2.45, 2.75) is 12.5 Å². The number of nitrogens with one attached hydrogen (secondary N) is 1. The van der Waals surface area contributed by atoms with Crippen LogP contribution in [0.15, 0.2) is 36.7 Å². The van der Waals surface area contributed by atoms with Crippen LogP contribution in [0, 0.1) is 0 Å². The van der Waals surface area contributed by atoms with E-state index in [2.05, 4.69) is 27.4 Å². The third kappa shape index (κ3) is 1.53. The number of rotatable bonds is 1. The lowest BCUT2D eigenvalue weighted by molar-refractivity contribution is 0.809. The molecule has 0 bridgehead atoms. The minimum atomic E-state index is 0.255. The van der Waals surface area contributed by atoms with E-state index < -0.39 is 0 Å². The standard InChI is InChI=1S/C12H10ClN3/c13-12-11-10(14-7-15-12)6-9(16-11)8-4-2-1-3-5-8/h1-5,7,9,16H,6H2. The molecule has 0 saturated carbocycles. The van der Waals surface area contributed by atoms with E-state index in [4.69, 9.17) is 11.6 Å². The fourth-order valence-electron chi connectivity index (χ4n) is 2.00. The van der Waals surface area contributed by atoms with Crippen molar-refractivity contribution in [3.8, 4) is 0 Å². The zero-order valence-electron chi connectivity index (χ0n) is 8.52. The highest BCUT2D eigenvalue weighted by atomic mass is 35.5. The van der Waals surface area contributed by atoms with Crippen LogP contribution in [0.3, 0.4) is 0 Å². The van der Waals surface area contributed by atoms with Crippen LogP contribution >= 0.6 is 11.6 Å². The molecule has 2 aromatic rings. The molecule has 3 rings (SSSR count). The van der Waals surface area contributed by atoms with Gasteiger partial charge in [-0.05, 0) is 5.56 Å². The zero-order chi connectivity index (χ0) is 11.0. The van der Waals surface area contributed by atoms with E-state index in [0.29, 0.717) is 5.15 Å². The second-order valence-corrected chi connectivity index (χ2v) is 4.16. The van der Waals surface area contributed by atoms with Crippen molar-refractivity contribution in [2.75, 3.05) is 5.32 Å². The van der Waals surface area contributed by atoms with Crippen molar-refractivity contribution in [3.63, 3.8) is 0 Å². The molecule has 0 radical (unpaired) electrons. The number of fused-ring (bicyclic) bond motifs is 1. The molecule has 1 unspecified atom stereocenters. The highest BCUT2D eigenvalue weighted by Gasteiger charge is 2.25. The molecular weight excluding hydrogens is 222 g/mol. The maximum atomic E-state index is 6.01. The van der Waals surface area contributed by atoms with Gasteiger partial charge in [-0.3, -0.25) is 0 Å². The zero-order valence-corrected chi connectivity index (χ0v) is 9.28. The van der Waals surface area contributed by atoms with Crippen molar-refractivity contribution in [1.29, 1.82) is 0 Å². The van der Waals surface area contributed by atoms with Crippen LogP contribution in [0.25, 0.3) is 0 Å². The average Bonchev–Trinajstić information content (AvgIpc) is 2.76. The van der Waals surface area contributed by atoms with Gasteiger partial charge in [0.25, 0.3) is 0 Å². The Morgan fingerprint density at radius 1 is 1.19 bits per heavy atom. The van der Waals surface area contributed by atoms with Gasteiger partial charge >= 0.3 is 0 Å². The van der Waals surface area contributed by atoms with Gasteiger partial charge in [0.15, 0.2) is 5.15 Å². The van der Waals surface area contributed by atoms with Crippen LogP contribution in [0.2, 0.25) is 5.15 Å². The molecular formula is C12H10ClN3. The Balaban J connectivity index is 1.94. The molecule has 1 aromatic heterocycles. The van der Waals surface area contributed by atoms with Crippen LogP contribution in [0.1, 0.15) is 17.3 Å². The molecule has 1 aliphatic rings. The van der Waals surface area contributed by atoms with Crippen LogP contribution in [-0.4, -0.2) is 9.97 Å². The quantitative estimate of drug-likeness (QED) is 0.767. The lowest BCUT2D eigenvalue weighted by atomic mass is 10.1. The molecule has 3 nitrogen and oxygen atoms in total. The monoisotopic (exact) mass is 231 g/mol. The molecule has 1 aromatic carbocycles. The normalized spacial score (nSPS) is 17.9. The molecule has 1 aliphatic heterocycles. The predicted octanol–water partition coefficient (Wildman–Crippen LogP) is 2.84. The molecule has 0 amide bonds. The van der Waals surface area contributed by atoms with Gasteiger partial charge in [-0.2, -0.15) is 0 Å². The summed E-state index contributed by atoms with van der Waals surface area (Å²) in [4.78, 5) is 8.21. The second-order valence-electron chi connectivity index (χ2n) is 3.80. The maximum Gasteiger partial charge on any atom is 0.155 e. The van der Waals surface area contributed by atoms with Gasteiger partial charge in [-0.1, -0.05) is 41.9 Å². The van der Waals surface area contributed by atoms with E-state index in [0.717, 1.165) is 17.8 Å². The van der Waals surface area contributed by atoms with Crippen molar-refractivity contribution >= 4 is 17.3 Å². The molecule has 0 fully saturated rings. The van der Waals surface area contributed by atoms with E-state index in [-0.39, 0.29) is 6.04 Å². The summed E-state index contributed by atoms with van der Waals surface area (Å²) in [5, 5.41) is 3.87. The fourth-order valence-corrected chi connectivity index (χ4v) is 2.21. The smallest absolute Gasteiger partial charge is 0.155 e. The molecule has 16 heavy (non-hydrogen) atoms. The molecule has 1 N–H and O–H groups in total. The van der Waals surface area contributed by atoms with E-state index in [1.807, 2.05) is 18.2 Å². The van der Waals surface area contributed by atoms with E-state index in [1.165, 1.54) is 11.9 Å². The number of nitrogens with zero attached hydrogens (tertiary/aromatic N) is 2. The lowest BCUT2D eigenvalue weighted by Crippen LogP contribution is -2.05. The summed E-state index contributed by atoms with van der Waals surface area (Å²) in [5.74, 6) is 0. The lowest BCUT2D eigenvalue weighted by Gasteiger charge is -2.10. The van der Waals surface area contributed by atoms with Crippen LogP contribution in [0.5, 0.6) is 0 Å². The van der Waals surface area contributed by atoms with Crippen molar-refractivity contribution in [3.05, 3.63) is 53.1 Å². The molecule has 2 heterocycles. The third-order valence-corrected chi connectivity index (χ3v) is 3.08. The number of anilines is 1. The highest BCUT2D eigenvalue weighted by molar-refractivity contribution is 6.32. The number of hydrogen-bond donors (Lipinski definition) is 1. The number of benzene rings is 1. The van der Waals surface area contributed by atoms with Crippen LogP contribution in [0.4, 0.5) is 5.69 Å². The van der Waals surface area contributed by atoms with E-state index in [9.17, 15) is 0 Å². The summed E-state index contributed by atoms with van der Waals surface area (Å²) >= 11 is 6.01. The van der Waals surface area contributed by atoms with Crippen LogP contribution < -0.4 is 5.32 Å². The van der Waals surface area contributed by atoms with Crippen molar-refractivity contribution < 1.29 is 0 Å². The van der Waals surface area contributed by atoms with Crippen molar-refractivity contribution in [2.24, 2.45) is 0 Å². The molecule has 80 valence electrons. The Kier molecular flexibility index (Phi) is 2.26. The van der Waals surface area contributed by atoms with Gasteiger partial charge in [0.2, 0.25) is 0 Å². The summed E-state index contributed by atoms with van der Waals surface area (Å²) in [7, 11) is 0. The number of hydrogen-bond acceptors (Lipinski definition) is 3. The Morgan fingerprint density at radius 3 is 2.75 bits per heavy atom. The van der Waals surface area contributed by atoms with Gasteiger partial charge in [0.05, 0.1) is 17.4 Å². The van der Waals surface area contributed by atoms with Gasteiger partial charge in [-0.15, -0.1) is 0 Å². The Labute approximate surface area is 98.5 Å². The van der Waals surface area contributed by atoms with Crippen LogP contribution in [-0.2, 0) is 6.42 Å². The van der Waals surface area contributed by atoms with Gasteiger partial charge < -0.3 is 5.32 Å². The largest absolute Gasteiger partial charge is 0.374 e. The minimum absolute atomic E-state index is 0.255. The maximum absolute atomic E-state index is 6.01. The molecule has 4 heteroatoms. The highest BCUT2D eigenvalue weighted by Crippen LogP contribution is 2.35. The SMILES string of the molecule is Clc1ncnc2c1NC(c1ccccc1)C2. The first kappa shape index (κ1) is 9.60. The van der Waals surface area contributed by atoms with E-state index >= 15 is 0 Å². The number of halogens is 1. The summed E-state index contributed by atoms with van der Waals surface area (Å²) in [6, 6.07) is 10.5. The summed E-state index contributed by atoms with van der Waals surface area (Å²) in [6.45, 7) is 0. The average molecular weight is 232 g/mol.